The van der Waals surface area contributed by atoms with E-state index in [2.05, 4.69) is 11.9 Å². The van der Waals surface area contributed by atoms with Crippen LogP contribution in [0.25, 0.3) is 0 Å². The van der Waals surface area contributed by atoms with Gasteiger partial charge in [-0.1, -0.05) is 6.92 Å². The molecular formula is C12H19N3O2S. The van der Waals surface area contributed by atoms with Crippen molar-refractivity contribution in [3.05, 3.63) is 18.3 Å². The Bertz CT molecular complexity index is 530. The molecule has 2 heterocycles. The summed E-state index contributed by atoms with van der Waals surface area (Å²) in [5.74, 6) is 0.629. The summed E-state index contributed by atoms with van der Waals surface area (Å²) in [6.45, 7) is 4.61. The quantitative estimate of drug-likeness (QED) is 0.882. The first kappa shape index (κ1) is 13.3. The molecule has 1 aliphatic heterocycles. The lowest BCUT2D eigenvalue weighted by atomic mass is 9.97. The van der Waals surface area contributed by atoms with Gasteiger partial charge in [-0.25, -0.2) is 13.4 Å². The molecule has 2 atom stereocenters. The Kier molecular flexibility index (Phi) is 3.59. The van der Waals surface area contributed by atoms with Crippen LogP contribution in [0.1, 0.15) is 26.7 Å². The molecule has 5 nitrogen and oxygen atoms in total. The summed E-state index contributed by atoms with van der Waals surface area (Å²) in [5, 5.41) is 0. The van der Waals surface area contributed by atoms with Gasteiger partial charge < -0.3 is 5.73 Å². The van der Waals surface area contributed by atoms with Gasteiger partial charge in [-0.2, -0.15) is 4.31 Å². The molecule has 2 unspecified atom stereocenters. The van der Waals surface area contributed by atoms with Crippen LogP contribution in [-0.4, -0.2) is 30.3 Å². The Morgan fingerprint density at radius 3 is 2.78 bits per heavy atom. The number of anilines is 1. The lowest BCUT2D eigenvalue weighted by Gasteiger charge is -2.35. The summed E-state index contributed by atoms with van der Waals surface area (Å²) < 4.78 is 26.7. The third kappa shape index (κ3) is 2.49. The predicted octanol–water partition coefficient (Wildman–Crippen LogP) is 1.47. The molecule has 0 bridgehead atoms. The van der Waals surface area contributed by atoms with E-state index in [1.807, 2.05) is 6.92 Å². The van der Waals surface area contributed by atoms with E-state index < -0.39 is 10.0 Å². The fraction of sp³-hybridized carbons (Fsp3) is 0.583. The van der Waals surface area contributed by atoms with Crippen LogP contribution in [0, 0.1) is 5.92 Å². The maximum absolute atomic E-state index is 12.5. The number of pyridine rings is 1. The molecule has 100 valence electrons. The number of nitrogens with two attached hydrogens (primary N) is 1. The normalized spacial score (nSPS) is 26.1. The predicted molar refractivity (Wildman–Crippen MR) is 70.4 cm³/mol. The van der Waals surface area contributed by atoms with E-state index in [0.717, 1.165) is 12.8 Å². The first-order valence-electron chi connectivity index (χ1n) is 6.14. The molecule has 1 saturated heterocycles. The molecule has 1 fully saturated rings. The summed E-state index contributed by atoms with van der Waals surface area (Å²) >= 11 is 0. The molecule has 0 saturated carbocycles. The molecule has 1 aliphatic rings. The number of nitrogens with zero attached hydrogens (tertiary/aromatic N) is 2. The van der Waals surface area contributed by atoms with Crippen molar-refractivity contribution in [2.75, 3.05) is 12.3 Å². The number of hydrogen-bond donors (Lipinski definition) is 1. The van der Waals surface area contributed by atoms with Crippen LogP contribution in [0.4, 0.5) is 5.82 Å². The zero-order valence-corrected chi connectivity index (χ0v) is 11.5. The van der Waals surface area contributed by atoms with Gasteiger partial charge in [0, 0.05) is 24.8 Å². The van der Waals surface area contributed by atoms with Crippen molar-refractivity contribution < 1.29 is 8.42 Å². The summed E-state index contributed by atoms with van der Waals surface area (Å²) in [7, 11) is -3.45. The Morgan fingerprint density at radius 1 is 1.39 bits per heavy atom. The van der Waals surface area contributed by atoms with Crippen LogP contribution in [0.15, 0.2) is 23.2 Å². The SMILES string of the molecule is CC1CCC(C)N(S(=O)(=O)c2ccnc(N)c2)C1. The number of sulfonamides is 1. The molecule has 1 aromatic heterocycles. The van der Waals surface area contributed by atoms with E-state index in [1.165, 1.54) is 18.3 Å². The summed E-state index contributed by atoms with van der Waals surface area (Å²) in [6, 6.07) is 2.96. The standard InChI is InChI=1S/C12H19N3O2S/c1-9-3-4-10(2)15(8-9)18(16,17)11-5-6-14-12(13)7-11/h5-7,9-10H,3-4,8H2,1-2H3,(H2,13,14). The molecule has 0 aliphatic carbocycles. The highest BCUT2D eigenvalue weighted by atomic mass is 32.2. The lowest BCUT2D eigenvalue weighted by Crippen LogP contribution is -2.44. The molecule has 0 aromatic carbocycles. The van der Waals surface area contributed by atoms with Gasteiger partial charge in [0.1, 0.15) is 5.82 Å². The molecule has 0 amide bonds. The molecular weight excluding hydrogens is 250 g/mol. The third-order valence-corrected chi connectivity index (χ3v) is 5.40. The molecule has 0 radical (unpaired) electrons. The molecule has 0 spiro atoms. The van der Waals surface area contributed by atoms with Gasteiger partial charge in [0.05, 0.1) is 4.90 Å². The van der Waals surface area contributed by atoms with Gasteiger partial charge in [0.25, 0.3) is 0 Å². The second-order valence-corrected chi connectivity index (χ2v) is 6.91. The van der Waals surface area contributed by atoms with E-state index in [1.54, 1.807) is 4.31 Å². The Hall–Kier alpha value is -1.14. The third-order valence-electron chi connectivity index (χ3n) is 3.42. The minimum Gasteiger partial charge on any atom is -0.384 e. The van der Waals surface area contributed by atoms with E-state index in [-0.39, 0.29) is 16.8 Å². The summed E-state index contributed by atoms with van der Waals surface area (Å²) in [5.41, 5.74) is 5.55. The monoisotopic (exact) mass is 269 g/mol. The number of rotatable bonds is 2. The maximum atomic E-state index is 12.5. The zero-order valence-electron chi connectivity index (χ0n) is 10.7. The second kappa shape index (κ2) is 4.85. The average molecular weight is 269 g/mol. The average Bonchev–Trinajstić information content (AvgIpc) is 2.32. The molecule has 2 rings (SSSR count). The minimum atomic E-state index is -3.45. The first-order valence-corrected chi connectivity index (χ1v) is 7.58. The first-order chi connectivity index (χ1) is 8.41. The van der Waals surface area contributed by atoms with E-state index in [9.17, 15) is 8.42 Å². The van der Waals surface area contributed by atoms with Crippen molar-refractivity contribution in [2.24, 2.45) is 5.92 Å². The van der Waals surface area contributed by atoms with E-state index >= 15 is 0 Å². The molecule has 6 heteroatoms. The molecule has 2 N–H and O–H groups in total. The zero-order chi connectivity index (χ0) is 13.3. The highest BCUT2D eigenvalue weighted by molar-refractivity contribution is 7.89. The van der Waals surface area contributed by atoms with Crippen LogP contribution < -0.4 is 5.73 Å². The second-order valence-electron chi connectivity index (χ2n) is 5.02. The van der Waals surface area contributed by atoms with Gasteiger partial charge in [-0.3, -0.25) is 0 Å². The van der Waals surface area contributed by atoms with Gasteiger partial charge in [-0.05, 0) is 31.7 Å². The highest BCUT2D eigenvalue weighted by Crippen LogP contribution is 2.27. The van der Waals surface area contributed by atoms with Gasteiger partial charge in [0.2, 0.25) is 10.0 Å². The van der Waals surface area contributed by atoms with Crippen molar-refractivity contribution in [1.82, 2.24) is 9.29 Å². The maximum Gasteiger partial charge on any atom is 0.243 e. The van der Waals surface area contributed by atoms with E-state index in [4.69, 9.17) is 5.73 Å². The van der Waals surface area contributed by atoms with Crippen molar-refractivity contribution in [3.8, 4) is 0 Å². The van der Waals surface area contributed by atoms with Crippen molar-refractivity contribution >= 4 is 15.8 Å². The van der Waals surface area contributed by atoms with Crippen LogP contribution in [0.5, 0.6) is 0 Å². The fourth-order valence-electron chi connectivity index (χ4n) is 2.31. The van der Waals surface area contributed by atoms with Crippen molar-refractivity contribution in [2.45, 2.75) is 37.6 Å². The van der Waals surface area contributed by atoms with Crippen molar-refractivity contribution in [3.63, 3.8) is 0 Å². The minimum absolute atomic E-state index is 0.0422. The Labute approximate surface area is 108 Å². The van der Waals surface area contributed by atoms with Gasteiger partial charge in [0.15, 0.2) is 0 Å². The van der Waals surface area contributed by atoms with Gasteiger partial charge in [-0.15, -0.1) is 0 Å². The van der Waals surface area contributed by atoms with Crippen LogP contribution in [0.2, 0.25) is 0 Å². The van der Waals surface area contributed by atoms with Crippen LogP contribution in [-0.2, 0) is 10.0 Å². The molecule has 1 aromatic rings. The summed E-state index contributed by atoms with van der Waals surface area (Å²) in [4.78, 5) is 4.06. The van der Waals surface area contributed by atoms with Crippen LogP contribution >= 0.6 is 0 Å². The van der Waals surface area contributed by atoms with Crippen LogP contribution in [0.3, 0.4) is 0 Å². The number of hydrogen-bond acceptors (Lipinski definition) is 4. The molecule has 18 heavy (non-hydrogen) atoms. The topological polar surface area (TPSA) is 76.3 Å². The lowest BCUT2D eigenvalue weighted by molar-refractivity contribution is 0.218. The van der Waals surface area contributed by atoms with Gasteiger partial charge >= 0.3 is 0 Å². The Morgan fingerprint density at radius 2 is 2.11 bits per heavy atom. The van der Waals surface area contributed by atoms with E-state index in [0.29, 0.717) is 12.5 Å². The van der Waals surface area contributed by atoms with Crippen molar-refractivity contribution in [1.29, 1.82) is 0 Å². The number of piperidine rings is 1. The Balaban J connectivity index is 2.35. The number of aromatic nitrogens is 1. The smallest absolute Gasteiger partial charge is 0.243 e. The largest absolute Gasteiger partial charge is 0.384 e. The highest BCUT2D eigenvalue weighted by Gasteiger charge is 2.33. The number of nitrogen functional groups attached to an aromatic ring is 1. The fourth-order valence-corrected chi connectivity index (χ4v) is 4.11. The summed E-state index contributed by atoms with van der Waals surface area (Å²) in [6.07, 6.45) is 3.41.